The lowest BCUT2D eigenvalue weighted by molar-refractivity contribution is -0.129. The minimum atomic E-state index is 0.153. The molecule has 0 atom stereocenters. The molecule has 5 nitrogen and oxygen atoms in total. The van der Waals surface area contributed by atoms with E-state index in [0.29, 0.717) is 5.92 Å². The van der Waals surface area contributed by atoms with Gasteiger partial charge in [0.15, 0.2) is 0 Å². The van der Waals surface area contributed by atoms with E-state index in [0.717, 1.165) is 37.8 Å². The van der Waals surface area contributed by atoms with Crippen LogP contribution in [0.3, 0.4) is 0 Å². The minimum Gasteiger partial charge on any atom is -0.353 e. The van der Waals surface area contributed by atoms with Gasteiger partial charge in [0, 0.05) is 45.2 Å². The maximum atomic E-state index is 11.3. The van der Waals surface area contributed by atoms with E-state index in [9.17, 15) is 4.79 Å². The van der Waals surface area contributed by atoms with E-state index in [4.69, 9.17) is 0 Å². The Morgan fingerprint density at radius 1 is 1.28 bits per heavy atom. The van der Waals surface area contributed by atoms with Crippen molar-refractivity contribution in [2.75, 3.05) is 31.1 Å². The molecule has 0 aromatic carbocycles. The minimum absolute atomic E-state index is 0.153. The van der Waals surface area contributed by atoms with Gasteiger partial charge in [0.1, 0.15) is 11.6 Å². The zero-order chi connectivity index (χ0) is 13.1. The molecule has 1 aliphatic heterocycles. The molecule has 0 bridgehead atoms. The monoisotopic (exact) mass is 248 g/mol. The molecule has 0 saturated carbocycles. The number of rotatable bonds is 2. The molecule has 0 spiro atoms. The Bertz CT molecular complexity index is 425. The van der Waals surface area contributed by atoms with Gasteiger partial charge in [-0.05, 0) is 6.07 Å². The molecule has 1 amide bonds. The van der Waals surface area contributed by atoms with Crippen LogP contribution < -0.4 is 4.90 Å². The molecule has 1 aromatic rings. The molecule has 0 radical (unpaired) electrons. The van der Waals surface area contributed by atoms with Gasteiger partial charge in [-0.3, -0.25) is 4.79 Å². The van der Waals surface area contributed by atoms with Crippen molar-refractivity contribution < 1.29 is 4.79 Å². The largest absolute Gasteiger partial charge is 0.353 e. The van der Waals surface area contributed by atoms with E-state index in [1.54, 1.807) is 6.92 Å². The topological polar surface area (TPSA) is 49.3 Å². The lowest BCUT2D eigenvalue weighted by atomic mass is 10.2. The first-order valence-corrected chi connectivity index (χ1v) is 6.41. The average molecular weight is 248 g/mol. The predicted octanol–water partition coefficient (Wildman–Crippen LogP) is 1.27. The summed E-state index contributed by atoms with van der Waals surface area (Å²) in [6.45, 7) is 9.03. The summed E-state index contributed by atoms with van der Waals surface area (Å²) in [5, 5.41) is 0. The summed E-state index contributed by atoms with van der Waals surface area (Å²) in [6.07, 6.45) is 1.81. The van der Waals surface area contributed by atoms with Gasteiger partial charge in [0.25, 0.3) is 0 Å². The van der Waals surface area contributed by atoms with Crippen molar-refractivity contribution in [2.45, 2.75) is 26.7 Å². The Kier molecular flexibility index (Phi) is 3.79. The van der Waals surface area contributed by atoms with Crippen molar-refractivity contribution in [3.8, 4) is 0 Å². The van der Waals surface area contributed by atoms with Crippen molar-refractivity contribution >= 4 is 11.7 Å². The number of piperazine rings is 1. The number of amides is 1. The lowest BCUT2D eigenvalue weighted by Gasteiger charge is -2.35. The molecule has 1 aliphatic rings. The summed E-state index contributed by atoms with van der Waals surface area (Å²) in [7, 11) is 0. The van der Waals surface area contributed by atoms with Crippen LogP contribution in [0.15, 0.2) is 12.3 Å². The highest BCUT2D eigenvalue weighted by atomic mass is 16.2. The van der Waals surface area contributed by atoms with Gasteiger partial charge in [-0.2, -0.15) is 0 Å². The van der Waals surface area contributed by atoms with Crippen LogP contribution in [0, 0.1) is 0 Å². The summed E-state index contributed by atoms with van der Waals surface area (Å²) in [6, 6.07) is 1.94. The second kappa shape index (κ2) is 5.33. The zero-order valence-electron chi connectivity index (χ0n) is 11.3. The number of hydrogen-bond donors (Lipinski definition) is 0. The van der Waals surface area contributed by atoms with E-state index in [1.165, 1.54) is 0 Å². The quantitative estimate of drug-likeness (QED) is 0.791. The fourth-order valence-corrected chi connectivity index (χ4v) is 2.07. The van der Waals surface area contributed by atoms with Crippen LogP contribution in [0.5, 0.6) is 0 Å². The predicted molar refractivity (Wildman–Crippen MR) is 70.6 cm³/mol. The summed E-state index contributed by atoms with van der Waals surface area (Å²) in [5.41, 5.74) is 0. The number of carbonyl (C=O) groups excluding carboxylic acids is 1. The van der Waals surface area contributed by atoms with Crippen LogP contribution in [0.25, 0.3) is 0 Å². The smallest absolute Gasteiger partial charge is 0.219 e. The lowest BCUT2D eigenvalue weighted by Crippen LogP contribution is -2.48. The number of anilines is 1. The van der Waals surface area contributed by atoms with Crippen molar-refractivity contribution in [1.29, 1.82) is 0 Å². The molecule has 1 saturated heterocycles. The van der Waals surface area contributed by atoms with Crippen molar-refractivity contribution in [3.63, 3.8) is 0 Å². The highest BCUT2D eigenvalue weighted by Crippen LogP contribution is 2.16. The molecule has 0 aliphatic carbocycles. The number of carbonyl (C=O) groups is 1. The molecule has 0 unspecified atom stereocenters. The first-order chi connectivity index (χ1) is 8.58. The Balaban J connectivity index is 2.05. The van der Waals surface area contributed by atoms with Crippen LogP contribution in [0.1, 0.15) is 32.5 Å². The molecule has 2 rings (SSSR count). The van der Waals surface area contributed by atoms with Crippen molar-refractivity contribution in [2.24, 2.45) is 0 Å². The summed E-state index contributed by atoms with van der Waals surface area (Å²) in [5.74, 6) is 2.34. The van der Waals surface area contributed by atoms with Crippen LogP contribution >= 0.6 is 0 Å². The summed E-state index contributed by atoms with van der Waals surface area (Å²) < 4.78 is 0. The Morgan fingerprint density at radius 2 is 1.94 bits per heavy atom. The van der Waals surface area contributed by atoms with Crippen LogP contribution in [0.2, 0.25) is 0 Å². The van der Waals surface area contributed by atoms with Crippen molar-refractivity contribution in [1.82, 2.24) is 14.9 Å². The second-order valence-corrected chi connectivity index (χ2v) is 4.92. The fraction of sp³-hybridized carbons (Fsp3) is 0.615. The van der Waals surface area contributed by atoms with E-state index >= 15 is 0 Å². The van der Waals surface area contributed by atoms with Gasteiger partial charge in [0.2, 0.25) is 5.91 Å². The Morgan fingerprint density at radius 3 is 2.50 bits per heavy atom. The van der Waals surface area contributed by atoms with Crippen molar-refractivity contribution in [3.05, 3.63) is 18.1 Å². The highest BCUT2D eigenvalue weighted by molar-refractivity contribution is 5.73. The molecule has 18 heavy (non-hydrogen) atoms. The van der Waals surface area contributed by atoms with Gasteiger partial charge in [-0.15, -0.1) is 0 Å². The van der Waals surface area contributed by atoms with Gasteiger partial charge in [-0.1, -0.05) is 13.8 Å². The number of hydrogen-bond acceptors (Lipinski definition) is 4. The van der Waals surface area contributed by atoms with Crippen LogP contribution in [-0.4, -0.2) is 47.0 Å². The van der Waals surface area contributed by atoms with E-state index in [-0.39, 0.29) is 5.91 Å². The third-order valence-electron chi connectivity index (χ3n) is 3.22. The molecule has 1 fully saturated rings. The SMILES string of the molecule is CC(=O)N1CCN(c2ccnc(C(C)C)n2)CC1. The summed E-state index contributed by atoms with van der Waals surface area (Å²) in [4.78, 5) is 24.2. The van der Waals surface area contributed by atoms with Crippen LogP contribution in [-0.2, 0) is 4.79 Å². The molecule has 0 N–H and O–H groups in total. The number of nitrogens with zero attached hydrogens (tertiary/aromatic N) is 4. The van der Waals surface area contributed by atoms with Gasteiger partial charge in [-0.25, -0.2) is 9.97 Å². The Hall–Kier alpha value is -1.65. The van der Waals surface area contributed by atoms with Crippen LogP contribution in [0.4, 0.5) is 5.82 Å². The number of aromatic nitrogens is 2. The molecule has 98 valence electrons. The van der Waals surface area contributed by atoms with E-state index in [1.807, 2.05) is 17.2 Å². The molecular formula is C13H20N4O. The van der Waals surface area contributed by atoms with Gasteiger partial charge >= 0.3 is 0 Å². The maximum Gasteiger partial charge on any atom is 0.219 e. The van der Waals surface area contributed by atoms with E-state index in [2.05, 4.69) is 28.7 Å². The molecule has 1 aromatic heterocycles. The first-order valence-electron chi connectivity index (χ1n) is 6.41. The fourth-order valence-electron chi connectivity index (χ4n) is 2.07. The highest BCUT2D eigenvalue weighted by Gasteiger charge is 2.19. The normalized spacial score (nSPS) is 16.2. The first kappa shape index (κ1) is 12.8. The summed E-state index contributed by atoms with van der Waals surface area (Å²) >= 11 is 0. The molecule has 5 heteroatoms. The third kappa shape index (κ3) is 2.78. The zero-order valence-corrected chi connectivity index (χ0v) is 11.3. The second-order valence-electron chi connectivity index (χ2n) is 4.92. The average Bonchev–Trinajstić information content (AvgIpc) is 2.39. The molecular weight excluding hydrogens is 228 g/mol. The van der Waals surface area contributed by atoms with Gasteiger partial charge in [0.05, 0.1) is 0 Å². The standard InChI is InChI=1S/C13H20N4O/c1-10(2)13-14-5-4-12(15-13)17-8-6-16(7-9-17)11(3)18/h4-5,10H,6-9H2,1-3H3. The van der Waals surface area contributed by atoms with E-state index < -0.39 is 0 Å². The molecule has 2 heterocycles. The Labute approximate surface area is 108 Å². The van der Waals surface area contributed by atoms with Gasteiger partial charge < -0.3 is 9.80 Å². The third-order valence-corrected chi connectivity index (χ3v) is 3.22. The maximum absolute atomic E-state index is 11.3.